The van der Waals surface area contributed by atoms with Crippen LogP contribution in [0.1, 0.15) is 32.0 Å². The highest BCUT2D eigenvalue weighted by atomic mass is 32.2. The Hall–Kier alpha value is -3.79. The Morgan fingerprint density at radius 3 is 2.59 bits per heavy atom. The lowest BCUT2D eigenvalue weighted by Crippen LogP contribution is -2.30. The third-order valence-corrected chi connectivity index (χ3v) is 6.43. The number of anilines is 1. The normalized spacial score (nSPS) is 13.3. The van der Waals surface area contributed by atoms with Gasteiger partial charge in [0, 0.05) is 6.20 Å². The van der Waals surface area contributed by atoms with Crippen molar-refractivity contribution in [2.24, 2.45) is 0 Å². The first-order chi connectivity index (χ1) is 15.2. The minimum Gasteiger partial charge on any atom is -0.495 e. The fraction of sp³-hybridized carbons (Fsp3) is 0.136. The molecule has 4 rings (SSSR count). The van der Waals surface area contributed by atoms with Gasteiger partial charge in [0.05, 0.1) is 29.8 Å². The van der Waals surface area contributed by atoms with Crippen LogP contribution >= 0.6 is 0 Å². The van der Waals surface area contributed by atoms with Crippen molar-refractivity contribution in [2.45, 2.75) is 18.4 Å². The lowest BCUT2D eigenvalue weighted by molar-refractivity contribution is 0.0639. The number of aryl methyl sites for hydroxylation is 1. The number of nitrogens with one attached hydrogen (secondary N) is 1. The standard InChI is InChI=1S/C22H18FN3O5S/c1-13-5-8-18(31-2)17(10-13)25-32(29,30)19-11-15(23)7-6-14(19)12-26-21(27)16-4-3-9-24-20(16)22(26)28/h3-11,25H,12H2,1-2H3. The number of hydrogen-bond donors (Lipinski definition) is 1. The number of pyridine rings is 1. The van der Waals surface area contributed by atoms with Gasteiger partial charge in [-0.2, -0.15) is 0 Å². The van der Waals surface area contributed by atoms with Crippen LogP contribution in [-0.2, 0) is 16.6 Å². The summed E-state index contributed by atoms with van der Waals surface area (Å²) in [5.74, 6) is -1.75. The lowest BCUT2D eigenvalue weighted by atomic mass is 10.2. The van der Waals surface area contributed by atoms with Crippen molar-refractivity contribution in [3.05, 3.63) is 82.9 Å². The van der Waals surface area contributed by atoms with E-state index in [0.717, 1.165) is 22.6 Å². The van der Waals surface area contributed by atoms with E-state index in [1.165, 1.54) is 31.5 Å². The molecule has 1 aliphatic rings. The summed E-state index contributed by atoms with van der Waals surface area (Å²) in [4.78, 5) is 29.7. The molecule has 0 saturated carbocycles. The van der Waals surface area contributed by atoms with Gasteiger partial charge < -0.3 is 4.74 Å². The molecule has 1 aromatic heterocycles. The highest BCUT2D eigenvalue weighted by Gasteiger charge is 2.37. The van der Waals surface area contributed by atoms with E-state index < -0.39 is 32.6 Å². The summed E-state index contributed by atoms with van der Waals surface area (Å²) in [6.07, 6.45) is 1.39. The summed E-state index contributed by atoms with van der Waals surface area (Å²) < 4.78 is 48.0. The molecule has 0 saturated heterocycles. The molecule has 2 heterocycles. The summed E-state index contributed by atoms with van der Waals surface area (Å²) in [7, 11) is -2.90. The van der Waals surface area contributed by atoms with Crippen LogP contribution in [0.4, 0.5) is 10.1 Å². The number of sulfonamides is 1. The number of halogens is 1. The zero-order valence-electron chi connectivity index (χ0n) is 17.1. The van der Waals surface area contributed by atoms with E-state index in [1.54, 1.807) is 25.1 Å². The fourth-order valence-corrected chi connectivity index (χ4v) is 4.74. The Kier molecular flexibility index (Phi) is 5.39. The van der Waals surface area contributed by atoms with Crippen LogP contribution in [0.15, 0.2) is 59.6 Å². The highest BCUT2D eigenvalue weighted by Crippen LogP contribution is 2.30. The zero-order valence-corrected chi connectivity index (χ0v) is 17.9. The van der Waals surface area contributed by atoms with E-state index >= 15 is 0 Å². The monoisotopic (exact) mass is 455 g/mol. The summed E-state index contributed by atoms with van der Waals surface area (Å²) in [5, 5.41) is 0. The molecular weight excluding hydrogens is 437 g/mol. The molecule has 10 heteroatoms. The van der Waals surface area contributed by atoms with Gasteiger partial charge >= 0.3 is 0 Å². The van der Waals surface area contributed by atoms with E-state index in [1.807, 2.05) is 0 Å². The van der Waals surface area contributed by atoms with E-state index in [-0.39, 0.29) is 34.8 Å². The van der Waals surface area contributed by atoms with Gasteiger partial charge in [0.1, 0.15) is 17.3 Å². The predicted molar refractivity (Wildman–Crippen MR) is 113 cm³/mol. The maximum Gasteiger partial charge on any atom is 0.280 e. The number of hydrogen-bond acceptors (Lipinski definition) is 6. The molecule has 0 fully saturated rings. The molecule has 0 unspecified atom stereocenters. The fourth-order valence-electron chi connectivity index (χ4n) is 3.44. The van der Waals surface area contributed by atoms with Crippen molar-refractivity contribution >= 4 is 27.5 Å². The largest absolute Gasteiger partial charge is 0.495 e. The minimum absolute atomic E-state index is 0.00774. The second-order valence-electron chi connectivity index (χ2n) is 7.16. The summed E-state index contributed by atoms with van der Waals surface area (Å²) >= 11 is 0. The number of carbonyl (C=O) groups is 2. The third kappa shape index (κ3) is 3.80. The Morgan fingerprint density at radius 2 is 1.88 bits per heavy atom. The number of carbonyl (C=O) groups excluding carboxylic acids is 2. The number of nitrogens with zero attached hydrogens (tertiary/aromatic N) is 2. The zero-order chi connectivity index (χ0) is 23.0. The van der Waals surface area contributed by atoms with Gasteiger partial charge in [0.25, 0.3) is 21.8 Å². The topological polar surface area (TPSA) is 106 Å². The van der Waals surface area contributed by atoms with Crippen LogP contribution in [0, 0.1) is 12.7 Å². The number of methoxy groups -OCH3 is 1. The first-order valence-electron chi connectivity index (χ1n) is 9.48. The van der Waals surface area contributed by atoms with E-state index in [2.05, 4.69) is 9.71 Å². The predicted octanol–water partition coefficient (Wildman–Crippen LogP) is 3.13. The second kappa shape index (κ2) is 8.04. The van der Waals surface area contributed by atoms with Crippen molar-refractivity contribution in [1.29, 1.82) is 0 Å². The number of rotatable bonds is 6. The number of amides is 2. The van der Waals surface area contributed by atoms with Gasteiger partial charge in [-0.15, -0.1) is 0 Å². The SMILES string of the molecule is COc1ccc(C)cc1NS(=O)(=O)c1cc(F)ccc1CN1C(=O)c2cccnc2C1=O. The molecule has 8 nitrogen and oxygen atoms in total. The van der Waals surface area contributed by atoms with E-state index in [0.29, 0.717) is 0 Å². The van der Waals surface area contributed by atoms with Gasteiger partial charge in [0.2, 0.25) is 0 Å². The summed E-state index contributed by atoms with van der Waals surface area (Å²) in [5.41, 5.74) is 1.15. The average Bonchev–Trinajstić information content (AvgIpc) is 3.00. The molecule has 0 bridgehead atoms. The van der Waals surface area contributed by atoms with E-state index in [4.69, 9.17) is 4.74 Å². The summed E-state index contributed by atoms with van der Waals surface area (Å²) in [6.45, 7) is 1.41. The van der Waals surface area contributed by atoms with E-state index in [9.17, 15) is 22.4 Å². The third-order valence-electron chi connectivity index (χ3n) is 4.98. The number of imide groups is 1. The molecular formula is C22H18FN3O5S. The lowest BCUT2D eigenvalue weighted by Gasteiger charge is -2.18. The van der Waals surface area contributed by atoms with Crippen LogP contribution in [-0.4, -0.2) is 37.2 Å². The molecule has 0 spiro atoms. The molecule has 2 aromatic carbocycles. The molecule has 0 radical (unpaired) electrons. The van der Waals surface area contributed by atoms with Crippen molar-refractivity contribution in [1.82, 2.24) is 9.88 Å². The smallest absolute Gasteiger partial charge is 0.280 e. The number of aromatic nitrogens is 1. The van der Waals surface area contributed by atoms with Crippen molar-refractivity contribution in [3.63, 3.8) is 0 Å². The molecule has 0 aliphatic carbocycles. The average molecular weight is 455 g/mol. The van der Waals surface area contributed by atoms with Crippen molar-refractivity contribution in [2.75, 3.05) is 11.8 Å². The number of ether oxygens (including phenoxy) is 1. The quantitative estimate of drug-likeness (QED) is 0.573. The van der Waals surface area contributed by atoms with Gasteiger partial charge in [-0.3, -0.25) is 24.2 Å². The van der Waals surface area contributed by atoms with Crippen LogP contribution < -0.4 is 9.46 Å². The molecule has 3 aromatic rings. The van der Waals surface area contributed by atoms with Crippen LogP contribution in [0.2, 0.25) is 0 Å². The first-order valence-corrected chi connectivity index (χ1v) is 11.0. The molecule has 1 N–H and O–H groups in total. The number of fused-ring (bicyclic) bond motifs is 1. The molecule has 32 heavy (non-hydrogen) atoms. The Balaban J connectivity index is 1.71. The first kappa shape index (κ1) is 21.4. The van der Waals surface area contributed by atoms with Crippen molar-refractivity contribution in [3.8, 4) is 5.75 Å². The molecule has 164 valence electrons. The second-order valence-corrected chi connectivity index (χ2v) is 8.81. The van der Waals surface area contributed by atoms with Crippen LogP contribution in [0.25, 0.3) is 0 Å². The van der Waals surface area contributed by atoms with Gasteiger partial charge in [-0.1, -0.05) is 12.1 Å². The van der Waals surface area contributed by atoms with Gasteiger partial charge in [0.15, 0.2) is 0 Å². The van der Waals surface area contributed by atoms with Gasteiger partial charge in [-0.05, 0) is 54.4 Å². The van der Waals surface area contributed by atoms with Crippen molar-refractivity contribution < 1.29 is 27.1 Å². The minimum atomic E-state index is -4.29. The number of benzene rings is 2. The van der Waals surface area contributed by atoms with Crippen LogP contribution in [0.3, 0.4) is 0 Å². The molecule has 2 amide bonds. The maximum absolute atomic E-state index is 14.0. The Morgan fingerprint density at radius 1 is 1.09 bits per heavy atom. The summed E-state index contributed by atoms with van der Waals surface area (Å²) in [6, 6.07) is 11.1. The highest BCUT2D eigenvalue weighted by molar-refractivity contribution is 7.92. The maximum atomic E-state index is 14.0. The van der Waals surface area contributed by atoms with Crippen LogP contribution in [0.5, 0.6) is 5.75 Å². The molecule has 0 atom stereocenters. The van der Waals surface area contributed by atoms with Gasteiger partial charge in [-0.25, -0.2) is 12.8 Å². The Bertz CT molecular complexity index is 1320. The molecule has 1 aliphatic heterocycles. The Labute approximate surface area is 183 Å².